The second kappa shape index (κ2) is 7.12. The molecule has 1 unspecified atom stereocenters. The molecule has 0 bridgehead atoms. The van der Waals surface area contributed by atoms with Gasteiger partial charge in [0.05, 0.1) is 12.5 Å². The van der Waals surface area contributed by atoms with Crippen molar-refractivity contribution in [3.8, 4) is 11.4 Å². The molecule has 0 aliphatic carbocycles. The zero-order valence-electron chi connectivity index (χ0n) is 14.9. The standard InChI is InChI=1S/C21H22N4O/c1-16-13-23-21(18-8-5-10-22-14-18)25(16)19-9-11-24(15-19)20(26)12-17-6-3-2-4-7-17/h2-8,10,13-14,19H,9,11-12,15H2,1H3. The zero-order valence-corrected chi connectivity index (χ0v) is 14.9. The number of aromatic nitrogens is 3. The van der Waals surface area contributed by atoms with Crippen molar-refractivity contribution < 1.29 is 4.79 Å². The molecule has 1 aliphatic rings. The highest BCUT2D eigenvalue weighted by atomic mass is 16.2. The number of benzene rings is 1. The maximum atomic E-state index is 12.7. The van der Waals surface area contributed by atoms with Gasteiger partial charge in [-0.1, -0.05) is 30.3 Å². The number of aryl methyl sites for hydroxylation is 1. The highest BCUT2D eigenvalue weighted by molar-refractivity contribution is 5.79. The molecule has 5 heteroatoms. The molecule has 132 valence electrons. The first kappa shape index (κ1) is 16.5. The number of amides is 1. The van der Waals surface area contributed by atoms with E-state index in [1.807, 2.05) is 59.8 Å². The van der Waals surface area contributed by atoms with Crippen LogP contribution in [0, 0.1) is 6.92 Å². The Labute approximate surface area is 153 Å². The van der Waals surface area contributed by atoms with Gasteiger partial charge in [-0.05, 0) is 31.0 Å². The molecule has 1 aliphatic heterocycles. The lowest BCUT2D eigenvalue weighted by Crippen LogP contribution is -2.30. The quantitative estimate of drug-likeness (QED) is 0.728. The maximum absolute atomic E-state index is 12.7. The van der Waals surface area contributed by atoms with Gasteiger partial charge in [0.15, 0.2) is 0 Å². The van der Waals surface area contributed by atoms with Crippen molar-refractivity contribution in [3.63, 3.8) is 0 Å². The molecule has 5 nitrogen and oxygen atoms in total. The largest absolute Gasteiger partial charge is 0.340 e. The molecule has 3 heterocycles. The molecular formula is C21H22N4O. The average molecular weight is 346 g/mol. The number of rotatable bonds is 4. The molecular weight excluding hydrogens is 324 g/mol. The van der Waals surface area contributed by atoms with Gasteiger partial charge < -0.3 is 9.47 Å². The molecule has 4 rings (SSSR count). The first-order valence-electron chi connectivity index (χ1n) is 8.98. The third kappa shape index (κ3) is 3.25. The summed E-state index contributed by atoms with van der Waals surface area (Å²) in [4.78, 5) is 23.4. The summed E-state index contributed by atoms with van der Waals surface area (Å²) in [5, 5.41) is 0. The molecule has 0 N–H and O–H groups in total. The van der Waals surface area contributed by atoms with Crippen molar-refractivity contribution >= 4 is 5.91 Å². The number of imidazole rings is 1. The molecule has 0 saturated carbocycles. The van der Waals surface area contributed by atoms with Crippen LogP contribution in [0.2, 0.25) is 0 Å². The Bertz CT molecular complexity index is 889. The molecule has 1 aromatic carbocycles. The first-order valence-corrected chi connectivity index (χ1v) is 8.98. The lowest BCUT2D eigenvalue weighted by atomic mass is 10.1. The number of nitrogens with zero attached hydrogens (tertiary/aromatic N) is 4. The van der Waals surface area contributed by atoms with E-state index in [0.717, 1.165) is 42.2 Å². The average Bonchev–Trinajstić information content (AvgIpc) is 3.30. The fourth-order valence-corrected chi connectivity index (χ4v) is 3.68. The fraction of sp³-hybridized carbons (Fsp3) is 0.286. The first-order chi connectivity index (χ1) is 12.7. The summed E-state index contributed by atoms with van der Waals surface area (Å²) in [6, 6.07) is 14.1. The number of likely N-dealkylation sites (tertiary alicyclic amines) is 1. The predicted octanol–water partition coefficient (Wildman–Crippen LogP) is 3.27. The summed E-state index contributed by atoms with van der Waals surface area (Å²) in [7, 11) is 0. The molecule has 2 aromatic heterocycles. The van der Waals surface area contributed by atoms with Crippen LogP contribution in [-0.4, -0.2) is 38.4 Å². The molecule has 0 spiro atoms. The molecule has 1 atom stereocenters. The van der Waals surface area contributed by atoms with Crippen molar-refractivity contribution in [2.24, 2.45) is 0 Å². The number of carbonyl (C=O) groups excluding carboxylic acids is 1. The third-order valence-electron chi connectivity index (χ3n) is 4.98. The van der Waals surface area contributed by atoms with Gasteiger partial charge in [0.25, 0.3) is 0 Å². The van der Waals surface area contributed by atoms with Gasteiger partial charge >= 0.3 is 0 Å². The van der Waals surface area contributed by atoms with Gasteiger partial charge in [0, 0.05) is 42.9 Å². The van der Waals surface area contributed by atoms with E-state index in [0.29, 0.717) is 6.42 Å². The van der Waals surface area contributed by atoms with Crippen LogP contribution in [0.5, 0.6) is 0 Å². The van der Waals surface area contributed by atoms with E-state index in [4.69, 9.17) is 0 Å². The van der Waals surface area contributed by atoms with Crippen LogP contribution in [0.4, 0.5) is 0 Å². The summed E-state index contributed by atoms with van der Waals surface area (Å²) >= 11 is 0. The van der Waals surface area contributed by atoms with E-state index in [1.54, 1.807) is 6.20 Å². The van der Waals surface area contributed by atoms with Gasteiger partial charge in [-0.2, -0.15) is 0 Å². The van der Waals surface area contributed by atoms with Gasteiger partial charge in [-0.3, -0.25) is 9.78 Å². The molecule has 1 fully saturated rings. The van der Waals surface area contributed by atoms with Gasteiger partial charge in [-0.15, -0.1) is 0 Å². The van der Waals surface area contributed by atoms with Crippen molar-refractivity contribution in [2.45, 2.75) is 25.8 Å². The molecule has 1 saturated heterocycles. The van der Waals surface area contributed by atoms with Gasteiger partial charge in [0.2, 0.25) is 5.91 Å². The van der Waals surface area contributed by atoms with Crippen LogP contribution in [0.1, 0.15) is 23.7 Å². The predicted molar refractivity (Wildman–Crippen MR) is 101 cm³/mol. The monoisotopic (exact) mass is 346 g/mol. The number of hydrogen-bond donors (Lipinski definition) is 0. The highest BCUT2D eigenvalue weighted by Crippen LogP contribution is 2.29. The van der Waals surface area contributed by atoms with Crippen LogP contribution in [0.25, 0.3) is 11.4 Å². The molecule has 0 radical (unpaired) electrons. The van der Waals surface area contributed by atoms with Gasteiger partial charge in [-0.25, -0.2) is 4.98 Å². The maximum Gasteiger partial charge on any atom is 0.227 e. The van der Waals surface area contributed by atoms with Crippen molar-refractivity contribution in [3.05, 3.63) is 72.3 Å². The Hall–Kier alpha value is -2.95. The minimum absolute atomic E-state index is 0.194. The van der Waals surface area contributed by atoms with E-state index >= 15 is 0 Å². The topological polar surface area (TPSA) is 51.0 Å². The third-order valence-corrected chi connectivity index (χ3v) is 4.98. The van der Waals surface area contributed by atoms with E-state index in [2.05, 4.69) is 21.5 Å². The Morgan fingerprint density at radius 3 is 2.77 bits per heavy atom. The molecule has 3 aromatic rings. The minimum atomic E-state index is 0.194. The van der Waals surface area contributed by atoms with Crippen LogP contribution >= 0.6 is 0 Å². The van der Waals surface area contributed by atoms with Crippen LogP contribution in [0.15, 0.2) is 61.1 Å². The van der Waals surface area contributed by atoms with E-state index in [-0.39, 0.29) is 11.9 Å². The van der Waals surface area contributed by atoms with Crippen molar-refractivity contribution in [1.82, 2.24) is 19.4 Å². The van der Waals surface area contributed by atoms with E-state index in [9.17, 15) is 4.79 Å². The Morgan fingerprint density at radius 1 is 1.15 bits per heavy atom. The Kier molecular flexibility index (Phi) is 4.52. The summed E-state index contributed by atoms with van der Waals surface area (Å²) in [5.74, 6) is 1.12. The second-order valence-corrected chi connectivity index (χ2v) is 6.78. The normalized spacial score (nSPS) is 16.8. The molecule has 1 amide bonds. The minimum Gasteiger partial charge on any atom is -0.340 e. The lowest BCUT2D eigenvalue weighted by Gasteiger charge is -2.20. The SMILES string of the molecule is Cc1cnc(-c2cccnc2)n1C1CCN(C(=O)Cc2ccccc2)C1. The zero-order chi connectivity index (χ0) is 17.9. The van der Waals surface area contributed by atoms with Crippen molar-refractivity contribution in [1.29, 1.82) is 0 Å². The second-order valence-electron chi connectivity index (χ2n) is 6.78. The lowest BCUT2D eigenvalue weighted by molar-refractivity contribution is -0.129. The summed E-state index contributed by atoms with van der Waals surface area (Å²) in [6.07, 6.45) is 6.92. The van der Waals surface area contributed by atoms with Crippen LogP contribution < -0.4 is 0 Å². The van der Waals surface area contributed by atoms with Gasteiger partial charge in [0.1, 0.15) is 5.82 Å². The number of hydrogen-bond acceptors (Lipinski definition) is 3. The highest BCUT2D eigenvalue weighted by Gasteiger charge is 2.29. The summed E-state index contributed by atoms with van der Waals surface area (Å²) in [6.45, 7) is 3.60. The van der Waals surface area contributed by atoms with Crippen molar-refractivity contribution in [2.75, 3.05) is 13.1 Å². The Balaban J connectivity index is 1.51. The summed E-state index contributed by atoms with van der Waals surface area (Å²) in [5.41, 5.74) is 3.19. The van der Waals surface area contributed by atoms with E-state index < -0.39 is 0 Å². The fourth-order valence-electron chi connectivity index (χ4n) is 3.68. The number of pyridine rings is 1. The van der Waals surface area contributed by atoms with E-state index in [1.165, 1.54) is 0 Å². The smallest absolute Gasteiger partial charge is 0.227 e. The number of carbonyl (C=O) groups is 1. The molecule has 26 heavy (non-hydrogen) atoms. The summed E-state index contributed by atoms with van der Waals surface area (Å²) < 4.78 is 2.26. The Morgan fingerprint density at radius 2 is 2.00 bits per heavy atom. The van der Waals surface area contributed by atoms with Crippen LogP contribution in [-0.2, 0) is 11.2 Å². The van der Waals surface area contributed by atoms with Crippen LogP contribution in [0.3, 0.4) is 0 Å².